The lowest BCUT2D eigenvalue weighted by molar-refractivity contribution is 0.662. The van der Waals surface area contributed by atoms with Crippen LogP contribution in [0, 0.1) is 0 Å². The van der Waals surface area contributed by atoms with Gasteiger partial charge in [-0.25, -0.2) is 0 Å². The second-order valence-electron chi connectivity index (χ2n) is 17.5. The average molecular weight is 846 g/mol. The zero-order valence-corrected chi connectivity index (χ0v) is 34.9. The van der Waals surface area contributed by atoms with Crippen molar-refractivity contribution in [1.82, 2.24) is 4.57 Å². The molecule has 0 aliphatic heterocycles. The zero-order chi connectivity index (χ0) is 42.8. The Morgan fingerprint density at radius 2 is 0.682 bits per heavy atom. The van der Waals surface area contributed by atoms with E-state index in [2.05, 4.69) is 174 Å². The molecule has 0 atom stereocenters. The highest BCUT2D eigenvalue weighted by atomic mass is 16.4. The van der Waals surface area contributed by atoms with Gasteiger partial charge in [-0.1, -0.05) is 78.9 Å². The van der Waals surface area contributed by atoms with E-state index in [-0.39, 0.29) is 0 Å². The van der Waals surface area contributed by atoms with Gasteiger partial charge in [-0.15, -0.1) is 0 Å². The van der Waals surface area contributed by atoms with Gasteiger partial charge >= 0.3 is 0 Å². The lowest BCUT2D eigenvalue weighted by atomic mass is 9.99. The van der Waals surface area contributed by atoms with E-state index in [9.17, 15) is 0 Å². The summed E-state index contributed by atoms with van der Waals surface area (Å²) in [5.41, 5.74) is 16.0. The van der Waals surface area contributed by atoms with Crippen molar-refractivity contribution in [2.45, 2.75) is 0 Å². The highest BCUT2D eigenvalue weighted by molar-refractivity contribution is 6.26. The van der Waals surface area contributed by atoms with E-state index in [1.807, 2.05) is 18.2 Å². The standard InChI is InChI=1S/C60H31NO5/c1-2-8-36(9-3-1)61-46-12-6-4-10-37(46)39-18-25-52-55(58(39)61)43-29-33(15-22-49(43)62-52)35-17-24-51-45(31-35)57-54(64-51)27-20-41-42-28-32(14-21-48(42)66-60(41)57)34-16-23-50-44(30-34)56-53(63-50)26-19-40-38-11-5-7-13-47(38)65-59(40)56/h1-31H. The minimum absolute atomic E-state index is 0.788. The summed E-state index contributed by atoms with van der Waals surface area (Å²) >= 11 is 0. The fraction of sp³-hybridized carbons (Fsp3) is 0. The molecule has 0 bridgehead atoms. The number of furan rings is 5. The first kappa shape index (κ1) is 34.5. The van der Waals surface area contributed by atoms with Crippen LogP contribution in [0.2, 0.25) is 0 Å². The maximum atomic E-state index is 6.77. The largest absolute Gasteiger partial charge is 0.456 e. The van der Waals surface area contributed by atoms with Crippen LogP contribution in [-0.2, 0) is 0 Å². The van der Waals surface area contributed by atoms with E-state index in [1.165, 1.54) is 10.8 Å². The van der Waals surface area contributed by atoms with Gasteiger partial charge in [0.05, 0.1) is 27.2 Å². The Bertz CT molecular complexity index is 4760. The van der Waals surface area contributed by atoms with Gasteiger partial charge in [0.2, 0.25) is 0 Å². The summed E-state index contributed by atoms with van der Waals surface area (Å²) < 4.78 is 35.0. The molecule has 0 amide bonds. The molecule has 6 heterocycles. The molecule has 0 aliphatic carbocycles. The van der Waals surface area contributed by atoms with E-state index in [1.54, 1.807) is 0 Å². The fourth-order valence-electron chi connectivity index (χ4n) is 11.0. The van der Waals surface area contributed by atoms with Gasteiger partial charge in [0.25, 0.3) is 0 Å². The minimum Gasteiger partial charge on any atom is -0.456 e. The summed E-state index contributed by atoms with van der Waals surface area (Å²) in [6.45, 7) is 0. The Balaban J connectivity index is 0.851. The van der Waals surface area contributed by atoms with Crippen molar-refractivity contribution in [2.24, 2.45) is 0 Å². The number of hydrogen-bond acceptors (Lipinski definition) is 5. The maximum Gasteiger partial charge on any atom is 0.147 e. The first-order valence-electron chi connectivity index (χ1n) is 22.2. The average Bonchev–Trinajstić information content (AvgIpc) is 4.22. The molecule has 0 radical (unpaired) electrons. The molecular formula is C60H31NO5. The van der Waals surface area contributed by atoms with Gasteiger partial charge in [0, 0.05) is 54.2 Å². The highest BCUT2D eigenvalue weighted by Crippen LogP contribution is 2.45. The third-order valence-corrected chi connectivity index (χ3v) is 14.0. The van der Waals surface area contributed by atoms with Crippen molar-refractivity contribution in [3.63, 3.8) is 0 Å². The van der Waals surface area contributed by atoms with Gasteiger partial charge in [-0.05, 0) is 131 Å². The van der Waals surface area contributed by atoms with Gasteiger partial charge in [0.15, 0.2) is 0 Å². The third-order valence-electron chi connectivity index (χ3n) is 14.0. The Hall–Kier alpha value is -9.00. The molecule has 0 fully saturated rings. The molecule has 0 spiro atoms. The lowest BCUT2D eigenvalue weighted by Crippen LogP contribution is -1.93. The molecule has 0 unspecified atom stereocenters. The number of hydrogen-bond donors (Lipinski definition) is 0. The Labute approximate surface area is 372 Å². The molecule has 66 heavy (non-hydrogen) atoms. The normalized spacial score (nSPS) is 12.5. The van der Waals surface area contributed by atoms with Crippen LogP contribution in [0.1, 0.15) is 0 Å². The highest BCUT2D eigenvalue weighted by Gasteiger charge is 2.22. The molecule has 16 aromatic rings. The van der Waals surface area contributed by atoms with Gasteiger partial charge in [-0.3, -0.25) is 0 Å². The van der Waals surface area contributed by atoms with Crippen LogP contribution in [-0.4, -0.2) is 4.57 Å². The number of para-hydroxylation sites is 3. The van der Waals surface area contributed by atoms with Crippen LogP contribution in [0.15, 0.2) is 210 Å². The zero-order valence-electron chi connectivity index (χ0n) is 34.9. The number of fused-ring (bicyclic) bond motifs is 21. The van der Waals surface area contributed by atoms with Crippen LogP contribution in [0.4, 0.5) is 0 Å². The van der Waals surface area contributed by atoms with Crippen LogP contribution >= 0.6 is 0 Å². The van der Waals surface area contributed by atoms with Crippen molar-refractivity contribution in [1.29, 1.82) is 0 Å². The molecule has 0 aliphatic rings. The number of aromatic nitrogens is 1. The van der Waals surface area contributed by atoms with Crippen LogP contribution in [0.3, 0.4) is 0 Å². The Kier molecular flexibility index (Phi) is 6.47. The van der Waals surface area contributed by atoms with Crippen molar-refractivity contribution < 1.29 is 22.1 Å². The van der Waals surface area contributed by atoms with E-state index in [0.717, 1.165) is 149 Å². The van der Waals surface area contributed by atoms with Crippen LogP contribution in [0.5, 0.6) is 0 Å². The molecule has 0 N–H and O–H groups in total. The first-order chi connectivity index (χ1) is 32.7. The molecular weight excluding hydrogens is 815 g/mol. The number of nitrogens with zero attached hydrogens (tertiary/aromatic N) is 1. The SMILES string of the molecule is c1ccc(-n2c3ccccc3c3ccc4oc5ccc(-c6ccc7oc8ccc9c%10cc(-c%11ccc%12oc%13ccc%14c%15ccccc%15oc%14c%13c%12c%11)ccc%10oc9c8c7c6)cc5c4c32)cc1. The van der Waals surface area contributed by atoms with E-state index in [4.69, 9.17) is 22.1 Å². The van der Waals surface area contributed by atoms with E-state index < -0.39 is 0 Å². The molecule has 6 nitrogen and oxygen atoms in total. The molecule has 306 valence electrons. The summed E-state index contributed by atoms with van der Waals surface area (Å²) in [7, 11) is 0. The van der Waals surface area contributed by atoms with Crippen LogP contribution < -0.4 is 0 Å². The second-order valence-corrected chi connectivity index (χ2v) is 17.5. The minimum atomic E-state index is 0.788. The summed E-state index contributed by atoms with van der Waals surface area (Å²) in [5.74, 6) is 0. The summed E-state index contributed by atoms with van der Waals surface area (Å²) in [4.78, 5) is 0. The Morgan fingerprint density at radius 1 is 0.258 bits per heavy atom. The topological polar surface area (TPSA) is 70.6 Å². The van der Waals surface area contributed by atoms with Crippen molar-refractivity contribution in [2.75, 3.05) is 0 Å². The second kappa shape index (κ2) is 12.4. The first-order valence-corrected chi connectivity index (χ1v) is 22.2. The smallest absolute Gasteiger partial charge is 0.147 e. The van der Waals surface area contributed by atoms with Crippen molar-refractivity contribution >= 4 is 131 Å². The Morgan fingerprint density at radius 3 is 1.29 bits per heavy atom. The quantitative estimate of drug-likeness (QED) is 0.177. The van der Waals surface area contributed by atoms with Crippen LogP contribution in [0.25, 0.3) is 159 Å². The monoisotopic (exact) mass is 845 g/mol. The third kappa shape index (κ3) is 4.54. The maximum absolute atomic E-state index is 6.77. The molecule has 0 saturated carbocycles. The summed E-state index contributed by atoms with van der Waals surface area (Å²) in [6.07, 6.45) is 0. The van der Waals surface area contributed by atoms with Crippen molar-refractivity contribution in [3.05, 3.63) is 188 Å². The summed E-state index contributed by atoms with van der Waals surface area (Å²) in [5, 5.41) is 12.8. The predicted octanol–water partition coefficient (Wildman–Crippen LogP) is 17.6. The van der Waals surface area contributed by atoms with E-state index >= 15 is 0 Å². The molecule has 6 heteroatoms. The molecule has 0 saturated heterocycles. The molecule has 10 aromatic carbocycles. The van der Waals surface area contributed by atoms with Gasteiger partial charge < -0.3 is 26.7 Å². The molecule has 6 aromatic heterocycles. The lowest BCUT2D eigenvalue weighted by Gasteiger charge is -2.08. The summed E-state index contributed by atoms with van der Waals surface area (Å²) in [6, 6.07) is 65.9. The molecule has 16 rings (SSSR count). The number of benzene rings is 10. The number of rotatable bonds is 3. The van der Waals surface area contributed by atoms with Gasteiger partial charge in [0.1, 0.15) is 55.8 Å². The predicted molar refractivity (Wildman–Crippen MR) is 268 cm³/mol. The van der Waals surface area contributed by atoms with Crippen molar-refractivity contribution in [3.8, 4) is 27.9 Å². The van der Waals surface area contributed by atoms with Gasteiger partial charge in [-0.2, -0.15) is 0 Å². The fourth-order valence-corrected chi connectivity index (χ4v) is 11.0. The van der Waals surface area contributed by atoms with E-state index in [0.29, 0.717) is 0 Å².